The zero-order chi connectivity index (χ0) is 83.7. The Balaban J connectivity index is 0.591. The zero-order valence-corrected chi connectivity index (χ0v) is 68.1. The maximum Gasteiger partial charge on any atom is 0.737 e. The molecule has 616 valence electrons. The van der Waals surface area contributed by atoms with E-state index in [9.17, 15) is 33.6 Å². The molecule has 1 saturated heterocycles. The summed E-state index contributed by atoms with van der Waals surface area (Å²) in [5, 5.41) is 15.4. The number of anilines is 2. The number of carbonyl (C=O) groups is 7. The van der Waals surface area contributed by atoms with E-state index in [0.29, 0.717) is 128 Å². The summed E-state index contributed by atoms with van der Waals surface area (Å²) in [5.74, 6) is -2.79. The minimum absolute atomic E-state index is 0.00518. The number of ether oxygens (including phenoxy) is 3. The number of allylic oxidation sites excluding steroid dienone is 2. The number of nitrogens with one attached hydrogen (secondary N) is 5. The number of rotatable bonds is 35. The number of methoxy groups -OCH3 is 1. The molecule has 0 bridgehead atoms. The van der Waals surface area contributed by atoms with Gasteiger partial charge >= 0.3 is 19.0 Å². The minimum Gasteiger partial charge on any atom is -0.497 e. The molecule has 1 fully saturated rings. The third-order valence-electron chi connectivity index (χ3n) is 22.3. The number of unbranched alkanes of at least 4 members (excludes halogenated alkanes) is 3. The predicted octanol–water partition coefficient (Wildman–Crippen LogP) is 13.7. The smallest absolute Gasteiger partial charge is 0.497 e. The van der Waals surface area contributed by atoms with E-state index in [1.54, 1.807) is 135 Å². The largest absolute Gasteiger partial charge is 0.737 e. The van der Waals surface area contributed by atoms with Crippen molar-refractivity contribution < 1.29 is 73.7 Å². The van der Waals surface area contributed by atoms with Gasteiger partial charge < -0.3 is 67.7 Å². The number of alkyl carbamates (subject to hydrolysis) is 1. The van der Waals surface area contributed by atoms with E-state index >= 15 is 17.0 Å². The van der Waals surface area contributed by atoms with Crippen LogP contribution in [0, 0.1) is 5.92 Å². The summed E-state index contributed by atoms with van der Waals surface area (Å²) in [6.07, 6.45) is 4.27. The number of aromatic nitrogens is 1. The van der Waals surface area contributed by atoms with Crippen LogP contribution in [0.25, 0.3) is 50.8 Å². The van der Waals surface area contributed by atoms with E-state index in [1.165, 1.54) is 4.31 Å². The molecular weight excluding hydrogens is 1530 g/mol. The molecule has 5 aliphatic rings. The molecule has 7 aromatic carbocycles. The molecule has 13 rings (SSSR count). The van der Waals surface area contributed by atoms with Gasteiger partial charge in [-0.2, -0.15) is 8.88 Å². The van der Waals surface area contributed by atoms with Crippen molar-refractivity contribution in [2.75, 3.05) is 65.4 Å². The molecule has 119 heavy (non-hydrogen) atoms. The molecule has 5 amide bonds. The second-order valence-electron chi connectivity index (χ2n) is 30.1. The summed E-state index contributed by atoms with van der Waals surface area (Å²) in [6.45, 7) is -1.68. The van der Waals surface area contributed by atoms with Crippen LogP contribution in [0.2, 0.25) is 0 Å². The van der Waals surface area contributed by atoms with Crippen LogP contribution in [-0.4, -0.2) is 148 Å². The second kappa shape index (κ2) is 38.6. The van der Waals surface area contributed by atoms with E-state index in [4.69, 9.17) is 18.6 Å². The van der Waals surface area contributed by atoms with Gasteiger partial charge in [0.2, 0.25) is 44.7 Å². The van der Waals surface area contributed by atoms with Crippen molar-refractivity contribution in [1.29, 1.82) is 0 Å². The molecule has 4 aliphatic heterocycles. The number of fused-ring (bicyclic) bond motifs is 4. The highest BCUT2D eigenvalue weighted by Crippen LogP contribution is 2.45. The molecule has 5 N–H and O–H groups in total. The summed E-state index contributed by atoms with van der Waals surface area (Å²) in [4.78, 5) is 97.4. The van der Waals surface area contributed by atoms with Gasteiger partial charge in [-0.1, -0.05) is 122 Å². The SMILES string of the molecule is COc1ccc(-c2ccc3n2[B-](F)(F)[N+]2=C(C)C(CCC(=O)NCCCCCC(=O)NCCCC[C@@H](NC(=O)[C@@H](Cc4ccccc4)NC(=O)OCc4ccccc4)C(=O)COC(=O)CNC(=O)C4CCN(S(=O)(=O)c5ccccc5-c5c6ccc(=[N+](C)c7ccccc7)cc-6oc6cc(N(C)c7ccccc7)ccc56)CC4)=C(C)C2=C3)cc1. The lowest BCUT2D eigenvalue weighted by Gasteiger charge is -2.31. The average molecular weight is 1630 g/mol. The fraction of sp³-hybridized carbons (Fsp3) is 0.293. The standard InChI is InChI=1S/C92H97BF2N10O13S/c1-62-74(63(2)104-81(62)56-72-41-47-80(105(72)93(104,94)95)66-37-42-73(115-5)43-38-66)46-48-87(108)97-51-23-10-19-36-86(107)96-52-24-22-34-78(99-91(111)79(55-64-25-11-6-12-26-64)100-92(112)117-60-65-27-13-7-14-28-65)82(106)61-116-88(109)59-98-90(110)67-49-53-103(54-50-67)119(113,114)85-35-21-20-33-77(85)89-75-44-39-70(101(3)68-29-15-8-16-30-68)57-83(75)118-84-58-71(40-45-76(84)89)102(4)69-31-17-9-18-32-69/h6-9,11-18,20-21,25-33,35,37-45,47,56-58,67,78-79H,10,19,22-24,34,36,46,48-55,59-61H2,1-5H3,(H4-,96,97,98,99,100,107,108,110,111,112)/p+1/t78-,79-/m1/s1. The number of ketones is 1. The van der Waals surface area contributed by atoms with Crippen LogP contribution in [-0.2, 0) is 61.3 Å². The summed E-state index contributed by atoms with van der Waals surface area (Å²) in [6, 6.07) is 64.3. The van der Waals surface area contributed by atoms with Crippen molar-refractivity contribution in [3.8, 4) is 39.5 Å². The first-order valence-corrected chi connectivity index (χ1v) is 41.7. The Kier molecular flexibility index (Phi) is 27.4. The molecule has 1 aliphatic carbocycles. The molecule has 1 aromatic heterocycles. The number of piperidine rings is 1. The fourth-order valence-electron chi connectivity index (χ4n) is 15.7. The minimum atomic E-state index is -4.27. The summed E-state index contributed by atoms with van der Waals surface area (Å²) in [5.41, 5.74) is 10.2. The van der Waals surface area contributed by atoms with Gasteiger partial charge in [0.1, 0.15) is 49.0 Å². The lowest BCUT2D eigenvalue weighted by Crippen LogP contribution is -2.53. The second-order valence-corrected chi connectivity index (χ2v) is 32.0. The van der Waals surface area contributed by atoms with E-state index in [1.807, 2.05) is 134 Å². The Morgan fingerprint density at radius 3 is 2.03 bits per heavy atom. The van der Waals surface area contributed by atoms with Crippen molar-refractivity contribution in [3.05, 3.63) is 257 Å². The fourth-order valence-corrected chi connectivity index (χ4v) is 17.4. The molecule has 27 heteroatoms. The van der Waals surface area contributed by atoms with E-state index in [2.05, 4.69) is 26.6 Å². The third kappa shape index (κ3) is 20.2. The number of hydrogen-bond acceptors (Lipinski definition) is 14. The Morgan fingerprint density at radius 2 is 1.32 bits per heavy atom. The van der Waals surface area contributed by atoms with Crippen LogP contribution in [0.5, 0.6) is 5.75 Å². The number of sulfonamides is 1. The van der Waals surface area contributed by atoms with Crippen LogP contribution < -0.4 is 46.2 Å². The van der Waals surface area contributed by atoms with Gasteiger partial charge in [0.15, 0.2) is 18.1 Å². The molecule has 23 nitrogen and oxygen atoms in total. The molecule has 0 unspecified atom stereocenters. The summed E-state index contributed by atoms with van der Waals surface area (Å²) >= 11 is 0. The highest BCUT2D eigenvalue weighted by molar-refractivity contribution is 7.89. The van der Waals surface area contributed by atoms with Gasteiger partial charge in [-0.25, -0.2) is 13.2 Å². The van der Waals surface area contributed by atoms with Gasteiger partial charge in [-0.05, 0) is 148 Å². The topological polar surface area (TPSA) is 272 Å². The van der Waals surface area contributed by atoms with Crippen molar-refractivity contribution in [3.63, 3.8) is 0 Å². The molecular formula is C92H98BF2N10O13S+. The number of amides is 5. The number of halogens is 2. The zero-order valence-electron chi connectivity index (χ0n) is 67.3. The first-order chi connectivity index (χ1) is 57.5. The number of para-hydroxylation sites is 2. The summed E-state index contributed by atoms with van der Waals surface area (Å²) < 4.78 is 92.2. The maximum absolute atomic E-state index is 16.7. The third-order valence-corrected chi connectivity index (χ3v) is 24.3. The molecule has 2 atom stereocenters. The van der Waals surface area contributed by atoms with Crippen molar-refractivity contribution in [2.45, 2.75) is 114 Å². The number of hydrogen-bond donors (Lipinski definition) is 5. The van der Waals surface area contributed by atoms with Crippen LogP contribution >= 0.6 is 0 Å². The van der Waals surface area contributed by atoms with Gasteiger partial charge in [-0.3, -0.25) is 28.8 Å². The highest BCUT2D eigenvalue weighted by Gasteiger charge is 2.54. The number of carbonyl (C=O) groups excluding carboxylic acids is 7. The number of Topliss-reactive ketones (excluding diaryl/α,β-unsaturated/α-hetero) is 1. The number of benzene rings is 8. The van der Waals surface area contributed by atoms with Crippen molar-refractivity contribution >= 4 is 98.3 Å². The summed E-state index contributed by atoms with van der Waals surface area (Å²) in [7, 11) is 1.27. The molecule has 0 saturated carbocycles. The number of esters is 1. The van der Waals surface area contributed by atoms with Crippen LogP contribution in [0.15, 0.2) is 245 Å². The quantitative estimate of drug-likeness (QED) is 0.00813. The van der Waals surface area contributed by atoms with Crippen LogP contribution in [0.4, 0.5) is 30.5 Å². The van der Waals surface area contributed by atoms with Gasteiger partial charge in [0.25, 0.3) is 0 Å². The Bertz CT molecular complexity index is 5640. The lowest BCUT2D eigenvalue weighted by atomic mass is 9.89. The Labute approximate surface area is 690 Å². The molecule has 0 radical (unpaired) electrons. The van der Waals surface area contributed by atoms with E-state index in [0.717, 1.165) is 31.4 Å². The Morgan fingerprint density at radius 1 is 0.664 bits per heavy atom. The van der Waals surface area contributed by atoms with Crippen molar-refractivity contribution in [2.24, 2.45) is 5.92 Å². The van der Waals surface area contributed by atoms with Crippen LogP contribution in [0.1, 0.15) is 101 Å². The first kappa shape index (κ1) is 84.3. The Hall–Kier alpha value is -12.6. The van der Waals surface area contributed by atoms with Crippen LogP contribution in [0.3, 0.4) is 0 Å². The lowest BCUT2D eigenvalue weighted by molar-refractivity contribution is -0.362. The number of nitrogens with zero attached hydrogens (tertiary/aromatic N) is 5. The van der Waals surface area contributed by atoms with Crippen molar-refractivity contribution in [1.82, 2.24) is 39.9 Å². The van der Waals surface area contributed by atoms with Gasteiger partial charge in [0.05, 0.1) is 24.1 Å². The highest BCUT2D eigenvalue weighted by atomic mass is 32.2. The molecule has 5 heterocycles. The van der Waals surface area contributed by atoms with E-state index in [-0.39, 0.29) is 87.9 Å². The normalized spacial score (nSPS) is 14.7. The molecule has 8 aromatic rings. The molecule has 0 spiro atoms. The predicted molar refractivity (Wildman–Crippen MR) is 455 cm³/mol. The monoisotopic (exact) mass is 1630 g/mol. The van der Waals surface area contributed by atoms with Gasteiger partial charge in [0, 0.05) is 152 Å². The maximum atomic E-state index is 16.7. The van der Waals surface area contributed by atoms with E-state index < -0.39 is 77.8 Å². The van der Waals surface area contributed by atoms with Gasteiger partial charge in [-0.15, -0.1) is 0 Å². The average Bonchev–Trinajstić information content (AvgIpc) is 1.67. The first-order valence-electron chi connectivity index (χ1n) is 40.3.